The van der Waals surface area contributed by atoms with Crippen molar-refractivity contribution in [3.8, 4) is 5.75 Å². The fraction of sp³-hybridized carbons (Fsp3) is 0.391. The van der Waals surface area contributed by atoms with E-state index in [2.05, 4.69) is 5.32 Å². The highest BCUT2D eigenvalue weighted by molar-refractivity contribution is 5.97. The Balaban J connectivity index is 1.70. The number of halogens is 1. The maximum absolute atomic E-state index is 13.5. The van der Waals surface area contributed by atoms with E-state index in [0.717, 1.165) is 17.5 Å². The Kier molecular flexibility index (Phi) is 6.52. The average Bonchev–Trinajstić information content (AvgIpc) is 2.69. The topological polar surface area (TPSA) is 58.6 Å². The van der Waals surface area contributed by atoms with Gasteiger partial charge in [0, 0.05) is 24.7 Å². The summed E-state index contributed by atoms with van der Waals surface area (Å²) in [6.07, 6.45) is 1.46. The molecule has 1 atom stereocenters. The molecule has 1 aliphatic rings. The van der Waals surface area contributed by atoms with E-state index in [-0.39, 0.29) is 17.7 Å². The van der Waals surface area contributed by atoms with Crippen molar-refractivity contribution in [2.24, 2.45) is 5.92 Å². The lowest BCUT2D eigenvalue weighted by molar-refractivity contribution is -0.121. The molecule has 1 saturated heterocycles. The molecule has 2 aromatic carbocycles. The molecule has 2 aromatic rings. The summed E-state index contributed by atoms with van der Waals surface area (Å²) >= 11 is 0. The number of hydrogen-bond acceptors (Lipinski definition) is 3. The predicted octanol–water partition coefficient (Wildman–Crippen LogP) is 4.33. The molecule has 0 aromatic heterocycles. The lowest BCUT2D eigenvalue weighted by Crippen LogP contribution is -2.43. The third kappa shape index (κ3) is 5.13. The van der Waals surface area contributed by atoms with Crippen LogP contribution in [0.15, 0.2) is 36.4 Å². The maximum atomic E-state index is 13.5. The van der Waals surface area contributed by atoms with Crippen LogP contribution in [0.2, 0.25) is 0 Å². The van der Waals surface area contributed by atoms with Crippen LogP contribution in [0.25, 0.3) is 0 Å². The van der Waals surface area contributed by atoms with Gasteiger partial charge in [0.25, 0.3) is 5.91 Å². The number of ether oxygens (including phenoxy) is 1. The molecule has 3 rings (SSSR count). The first kappa shape index (κ1) is 20.8. The summed E-state index contributed by atoms with van der Waals surface area (Å²) in [5, 5.41) is 2.84. The Labute approximate surface area is 170 Å². The van der Waals surface area contributed by atoms with E-state index < -0.39 is 5.82 Å². The van der Waals surface area contributed by atoms with Crippen LogP contribution in [0.3, 0.4) is 0 Å². The van der Waals surface area contributed by atoms with Gasteiger partial charge >= 0.3 is 0 Å². The van der Waals surface area contributed by atoms with Gasteiger partial charge < -0.3 is 15.0 Å². The van der Waals surface area contributed by atoms with Gasteiger partial charge in [-0.05, 0) is 57.9 Å². The van der Waals surface area contributed by atoms with E-state index in [9.17, 15) is 14.0 Å². The van der Waals surface area contributed by atoms with Gasteiger partial charge in [-0.3, -0.25) is 9.59 Å². The van der Waals surface area contributed by atoms with Crippen molar-refractivity contribution in [2.45, 2.75) is 33.6 Å². The van der Waals surface area contributed by atoms with Gasteiger partial charge in [0.2, 0.25) is 5.91 Å². The molecule has 0 radical (unpaired) electrons. The minimum absolute atomic E-state index is 0.0499. The van der Waals surface area contributed by atoms with E-state index >= 15 is 0 Å². The van der Waals surface area contributed by atoms with Gasteiger partial charge in [0.15, 0.2) is 0 Å². The van der Waals surface area contributed by atoms with Gasteiger partial charge in [-0.1, -0.05) is 17.2 Å². The average molecular weight is 398 g/mol. The molecular weight excluding hydrogens is 371 g/mol. The number of amides is 2. The largest absolute Gasteiger partial charge is 0.492 e. The third-order valence-corrected chi connectivity index (χ3v) is 5.05. The first-order chi connectivity index (χ1) is 13.9. The maximum Gasteiger partial charge on any atom is 0.253 e. The number of carbonyl (C=O) groups is 2. The fourth-order valence-corrected chi connectivity index (χ4v) is 3.77. The van der Waals surface area contributed by atoms with E-state index in [1.54, 1.807) is 11.8 Å². The Hall–Kier alpha value is -2.89. The molecule has 1 N–H and O–H groups in total. The van der Waals surface area contributed by atoms with Crippen molar-refractivity contribution in [1.82, 2.24) is 4.90 Å². The lowest BCUT2D eigenvalue weighted by atomic mass is 9.96. The monoisotopic (exact) mass is 398 g/mol. The highest BCUT2D eigenvalue weighted by Crippen LogP contribution is 2.27. The van der Waals surface area contributed by atoms with Gasteiger partial charge in [-0.2, -0.15) is 0 Å². The quantitative estimate of drug-likeness (QED) is 0.815. The minimum Gasteiger partial charge on any atom is -0.492 e. The number of nitrogens with zero attached hydrogens (tertiary/aromatic N) is 1. The summed E-state index contributed by atoms with van der Waals surface area (Å²) in [5.74, 6) is -0.672. The molecule has 1 aliphatic heterocycles. The standard InChI is InChI=1S/C23H27FN2O3/c1-4-29-21-13-19(24)7-8-20(21)25-22(27)17-6-5-9-26(14-17)23(28)18-11-15(2)10-16(3)12-18/h7-8,10-13,17H,4-6,9,14H2,1-3H3,(H,25,27). The van der Waals surface area contributed by atoms with Gasteiger partial charge in [0.05, 0.1) is 18.2 Å². The zero-order valence-electron chi connectivity index (χ0n) is 17.1. The summed E-state index contributed by atoms with van der Waals surface area (Å²) in [5.41, 5.74) is 3.18. The van der Waals surface area contributed by atoms with E-state index in [1.807, 2.05) is 32.0 Å². The molecule has 6 heteroatoms. The van der Waals surface area contributed by atoms with Gasteiger partial charge in [-0.15, -0.1) is 0 Å². The Bertz CT molecular complexity index is 893. The first-order valence-electron chi connectivity index (χ1n) is 9.98. The third-order valence-electron chi connectivity index (χ3n) is 5.05. The van der Waals surface area contributed by atoms with Crippen molar-refractivity contribution in [2.75, 3.05) is 25.0 Å². The Morgan fingerprint density at radius 2 is 1.90 bits per heavy atom. The van der Waals surface area contributed by atoms with Gasteiger partial charge in [-0.25, -0.2) is 4.39 Å². The zero-order valence-corrected chi connectivity index (χ0v) is 17.1. The lowest BCUT2D eigenvalue weighted by Gasteiger charge is -2.32. The second-order valence-corrected chi connectivity index (χ2v) is 7.53. The highest BCUT2D eigenvalue weighted by atomic mass is 19.1. The number of rotatable bonds is 5. The van der Waals surface area contributed by atoms with Crippen LogP contribution < -0.4 is 10.1 Å². The molecule has 0 spiro atoms. The summed E-state index contributed by atoms with van der Waals surface area (Å²) in [4.78, 5) is 27.5. The first-order valence-corrected chi connectivity index (χ1v) is 9.98. The molecule has 29 heavy (non-hydrogen) atoms. The van der Waals surface area contributed by atoms with Crippen LogP contribution >= 0.6 is 0 Å². The molecule has 154 valence electrons. The molecular formula is C23H27FN2O3. The van der Waals surface area contributed by atoms with Crippen LogP contribution in [0.4, 0.5) is 10.1 Å². The Morgan fingerprint density at radius 1 is 1.17 bits per heavy atom. The predicted molar refractivity (Wildman–Crippen MR) is 111 cm³/mol. The van der Waals surface area contributed by atoms with Crippen molar-refractivity contribution in [3.63, 3.8) is 0 Å². The fourth-order valence-electron chi connectivity index (χ4n) is 3.77. The molecule has 0 saturated carbocycles. The zero-order chi connectivity index (χ0) is 21.0. The molecule has 1 heterocycles. The second-order valence-electron chi connectivity index (χ2n) is 7.53. The number of benzene rings is 2. The summed E-state index contributed by atoms with van der Waals surface area (Å²) in [7, 11) is 0. The Morgan fingerprint density at radius 3 is 2.59 bits per heavy atom. The number of carbonyl (C=O) groups excluding carboxylic acids is 2. The molecule has 1 fully saturated rings. The molecule has 2 amide bonds. The van der Waals surface area contributed by atoms with Crippen molar-refractivity contribution < 1.29 is 18.7 Å². The normalized spacial score (nSPS) is 16.4. The van der Waals surface area contributed by atoms with Crippen LogP contribution in [0, 0.1) is 25.6 Å². The van der Waals surface area contributed by atoms with E-state index in [0.29, 0.717) is 43.1 Å². The smallest absolute Gasteiger partial charge is 0.253 e. The van der Waals surface area contributed by atoms with Crippen molar-refractivity contribution in [1.29, 1.82) is 0 Å². The van der Waals surface area contributed by atoms with Crippen LogP contribution in [0.1, 0.15) is 41.3 Å². The number of piperidine rings is 1. The summed E-state index contributed by atoms with van der Waals surface area (Å²) in [6, 6.07) is 9.84. The number of nitrogens with one attached hydrogen (secondary N) is 1. The minimum atomic E-state index is -0.422. The number of aryl methyl sites for hydroxylation is 2. The number of hydrogen-bond donors (Lipinski definition) is 1. The van der Waals surface area contributed by atoms with E-state index in [4.69, 9.17) is 4.74 Å². The van der Waals surface area contributed by atoms with Gasteiger partial charge in [0.1, 0.15) is 11.6 Å². The van der Waals surface area contributed by atoms with Crippen LogP contribution in [0.5, 0.6) is 5.75 Å². The highest BCUT2D eigenvalue weighted by Gasteiger charge is 2.29. The summed E-state index contributed by atoms with van der Waals surface area (Å²) in [6.45, 7) is 7.10. The second kappa shape index (κ2) is 9.07. The van der Waals surface area contributed by atoms with Crippen LogP contribution in [-0.2, 0) is 4.79 Å². The van der Waals surface area contributed by atoms with Crippen LogP contribution in [-0.4, -0.2) is 36.4 Å². The molecule has 1 unspecified atom stereocenters. The molecule has 5 nitrogen and oxygen atoms in total. The number of likely N-dealkylation sites (tertiary alicyclic amines) is 1. The summed E-state index contributed by atoms with van der Waals surface area (Å²) < 4.78 is 18.9. The number of anilines is 1. The van der Waals surface area contributed by atoms with Crippen molar-refractivity contribution >= 4 is 17.5 Å². The SMILES string of the molecule is CCOc1cc(F)ccc1NC(=O)C1CCCN(C(=O)c2cc(C)cc(C)c2)C1. The van der Waals surface area contributed by atoms with Crippen molar-refractivity contribution in [3.05, 3.63) is 58.9 Å². The van der Waals surface area contributed by atoms with E-state index in [1.165, 1.54) is 18.2 Å². The molecule has 0 aliphatic carbocycles. The molecule has 0 bridgehead atoms.